The van der Waals surface area contributed by atoms with Crippen LogP contribution in [0.5, 0.6) is 0 Å². The maximum Gasteiger partial charge on any atom is 0.142 e. The molecule has 12 heavy (non-hydrogen) atoms. The summed E-state index contributed by atoms with van der Waals surface area (Å²) in [7, 11) is 0. The van der Waals surface area contributed by atoms with Crippen molar-refractivity contribution in [3.05, 3.63) is 18.8 Å². The summed E-state index contributed by atoms with van der Waals surface area (Å²) in [4.78, 5) is 8.95. The monoisotopic (exact) mass is 374 g/mol. The van der Waals surface area contributed by atoms with Crippen LogP contribution in [0.3, 0.4) is 0 Å². The van der Waals surface area contributed by atoms with E-state index >= 15 is 0 Å². The highest BCUT2D eigenvalue weighted by Crippen LogP contribution is 2.37. The summed E-state index contributed by atoms with van der Waals surface area (Å²) >= 11 is 13.1. The van der Waals surface area contributed by atoms with Gasteiger partial charge in [-0.25, -0.2) is 9.97 Å². The molecule has 0 bridgehead atoms. The van der Waals surface area contributed by atoms with Gasteiger partial charge in [0.25, 0.3) is 0 Å². The van der Waals surface area contributed by atoms with Crippen LogP contribution >= 0.6 is 61.5 Å². The maximum atomic E-state index is 5.91. The van der Waals surface area contributed by atoms with E-state index in [9.17, 15) is 0 Å². The molecule has 62 valence electrons. The number of hydrogen-bond acceptors (Lipinski definition) is 3. The number of halogens is 3. The average Bonchev–Trinajstić information content (AvgIpc) is 2.29. The van der Waals surface area contributed by atoms with Crippen molar-refractivity contribution in [2.24, 2.45) is 0 Å². The third-order valence-corrected chi connectivity index (χ3v) is 5.59. The van der Waals surface area contributed by atoms with Crippen LogP contribution in [0.2, 0.25) is 5.15 Å². The largest absolute Gasteiger partial charge is 0.225 e. The Morgan fingerprint density at radius 2 is 2.25 bits per heavy atom. The van der Waals surface area contributed by atoms with Crippen LogP contribution < -0.4 is 0 Å². The summed E-state index contributed by atoms with van der Waals surface area (Å²) in [6, 6.07) is 0. The van der Waals surface area contributed by atoms with Gasteiger partial charge in [-0.15, -0.1) is 11.3 Å². The van der Waals surface area contributed by atoms with Gasteiger partial charge in [0, 0.05) is 0 Å². The van der Waals surface area contributed by atoms with E-state index in [2.05, 4.69) is 48.5 Å². The molecule has 2 nitrogen and oxygen atoms in total. The Labute approximate surface area is 99.6 Å². The Balaban J connectivity index is 2.97. The standard InChI is InChI=1S/C6HBrClIN2S/c7-4-3(9)2-5(8)10-1-11-6(2)12-4/h1H. The fourth-order valence-electron chi connectivity index (χ4n) is 0.839. The van der Waals surface area contributed by atoms with Gasteiger partial charge in [-0.05, 0) is 38.5 Å². The van der Waals surface area contributed by atoms with Crippen molar-refractivity contribution in [1.29, 1.82) is 0 Å². The van der Waals surface area contributed by atoms with Crippen LogP contribution in [-0.4, -0.2) is 9.97 Å². The normalized spacial score (nSPS) is 10.9. The van der Waals surface area contributed by atoms with Gasteiger partial charge in [0.1, 0.15) is 16.3 Å². The Morgan fingerprint density at radius 1 is 1.50 bits per heavy atom. The minimum absolute atomic E-state index is 0.520. The second-order valence-corrected chi connectivity index (χ2v) is 5.79. The second kappa shape index (κ2) is 3.36. The SMILES string of the molecule is Clc1ncnc2sc(Br)c(I)c12. The van der Waals surface area contributed by atoms with Crippen LogP contribution in [0.15, 0.2) is 10.1 Å². The first-order valence-corrected chi connectivity index (χ1v) is 6.01. The molecule has 2 rings (SSSR count). The third-order valence-electron chi connectivity index (χ3n) is 1.34. The van der Waals surface area contributed by atoms with Gasteiger partial charge < -0.3 is 0 Å². The van der Waals surface area contributed by atoms with Gasteiger partial charge in [-0.2, -0.15) is 0 Å². The third kappa shape index (κ3) is 1.36. The Morgan fingerprint density at radius 3 is 2.92 bits per heavy atom. The van der Waals surface area contributed by atoms with E-state index in [0.717, 1.165) is 17.6 Å². The summed E-state index contributed by atoms with van der Waals surface area (Å²) in [6.07, 6.45) is 1.48. The van der Waals surface area contributed by atoms with Crippen LogP contribution in [0, 0.1) is 3.57 Å². The molecule has 0 aromatic carbocycles. The number of thiophene rings is 1. The van der Waals surface area contributed by atoms with Gasteiger partial charge >= 0.3 is 0 Å². The first-order chi connectivity index (χ1) is 5.70. The first kappa shape index (κ1) is 9.11. The van der Waals surface area contributed by atoms with E-state index in [1.807, 2.05) is 0 Å². The number of hydrogen-bond donors (Lipinski definition) is 0. The summed E-state index contributed by atoms with van der Waals surface area (Å²) in [5.41, 5.74) is 0. The molecule has 0 spiro atoms. The lowest BCUT2D eigenvalue weighted by molar-refractivity contribution is 1.23. The lowest BCUT2D eigenvalue weighted by atomic mass is 10.4. The van der Waals surface area contributed by atoms with E-state index < -0.39 is 0 Å². The number of fused-ring (bicyclic) bond motifs is 1. The molecule has 0 saturated carbocycles. The van der Waals surface area contributed by atoms with E-state index in [1.54, 1.807) is 11.3 Å². The molecule has 0 unspecified atom stereocenters. The molecular formula is C6HBrClIN2S. The van der Waals surface area contributed by atoms with Gasteiger partial charge in [-0.1, -0.05) is 11.6 Å². The Kier molecular flexibility index (Phi) is 2.55. The molecule has 0 aliphatic carbocycles. The zero-order valence-corrected chi connectivity index (χ0v) is 10.8. The highest BCUT2D eigenvalue weighted by atomic mass is 127. The molecule has 2 aromatic rings. The van der Waals surface area contributed by atoms with Crippen molar-refractivity contribution in [2.75, 3.05) is 0 Å². The number of aromatic nitrogens is 2. The van der Waals surface area contributed by atoms with Crippen LogP contribution in [0.1, 0.15) is 0 Å². The van der Waals surface area contributed by atoms with Crippen LogP contribution in [0.4, 0.5) is 0 Å². The van der Waals surface area contributed by atoms with Crippen molar-refractivity contribution in [3.63, 3.8) is 0 Å². The fraction of sp³-hybridized carbons (Fsp3) is 0. The van der Waals surface area contributed by atoms with E-state index in [-0.39, 0.29) is 0 Å². The quantitative estimate of drug-likeness (QED) is 0.518. The lowest BCUT2D eigenvalue weighted by Crippen LogP contribution is -1.79. The molecule has 2 heterocycles. The van der Waals surface area contributed by atoms with Crippen LogP contribution in [0.25, 0.3) is 10.2 Å². The molecule has 0 atom stereocenters. The van der Waals surface area contributed by atoms with E-state index in [4.69, 9.17) is 11.6 Å². The molecule has 0 radical (unpaired) electrons. The van der Waals surface area contributed by atoms with Crippen molar-refractivity contribution in [3.8, 4) is 0 Å². The lowest BCUT2D eigenvalue weighted by Gasteiger charge is -1.90. The van der Waals surface area contributed by atoms with E-state index in [1.165, 1.54) is 6.33 Å². The van der Waals surface area contributed by atoms with Gasteiger partial charge in [-0.3, -0.25) is 0 Å². The zero-order valence-electron chi connectivity index (χ0n) is 5.51. The topological polar surface area (TPSA) is 25.8 Å². The Hall–Kier alpha value is 0.540. The van der Waals surface area contributed by atoms with Crippen LogP contribution in [-0.2, 0) is 0 Å². The number of rotatable bonds is 0. The van der Waals surface area contributed by atoms with Gasteiger partial charge in [0.15, 0.2) is 0 Å². The molecule has 0 N–H and O–H groups in total. The summed E-state index contributed by atoms with van der Waals surface area (Å²) in [5.74, 6) is 0. The minimum Gasteiger partial charge on any atom is -0.225 e. The van der Waals surface area contributed by atoms with Crippen molar-refractivity contribution in [1.82, 2.24) is 9.97 Å². The highest BCUT2D eigenvalue weighted by molar-refractivity contribution is 14.1. The summed E-state index contributed by atoms with van der Waals surface area (Å²) in [5, 5.41) is 1.46. The highest BCUT2D eigenvalue weighted by Gasteiger charge is 2.11. The van der Waals surface area contributed by atoms with Crippen molar-refractivity contribution in [2.45, 2.75) is 0 Å². The molecular weight excluding hydrogens is 374 g/mol. The van der Waals surface area contributed by atoms with E-state index in [0.29, 0.717) is 5.15 Å². The van der Waals surface area contributed by atoms with Crippen molar-refractivity contribution < 1.29 is 0 Å². The summed E-state index contributed by atoms with van der Waals surface area (Å²) in [6.45, 7) is 0. The predicted molar refractivity (Wildman–Crippen MR) is 62.8 cm³/mol. The molecule has 2 aromatic heterocycles. The fourth-order valence-corrected chi connectivity index (χ4v) is 3.73. The molecule has 0 saturated heterocycles. The zero-order chi connectivity index (χ0) is 8.72. The smallest absolute Gasteiger partial charge is 0.142 e. The van der Waals surface area contributed by atoms with Gasteiger partial charge in [0.05, 0.1) is 12.7 Å². The van der Waals surface area contributed by atoms with Gasteiger partial charge in [0.2, 0.25) is 0 Å². The van der Waals surface area contributed by atoms with Crippen molar-refractivity contribution >= 4 is 71.7 Å². The maximum absolute atomic E-state index is 5.91. The Bertz CT molecular complexity index is 444. The predicted octanol–water partition coefficient (Wildman–Crippen LogP) is 3.71. The molecule has 0 aliphatic heterocycles. The average molecular weight is 375 g/mol. The first-order valence-electron chi connectivity index (χ1n) is 2.94. The molecule has 0 amide bonds. The number of nitrogens with zero attached hydrogens (tertiary/aromatic N) is 2. The molecule has 6 heteroatoms. The molecule has 0 fully saturated rings. The summed E-state index contributed by atoms with van der Waals surface area (Å²) < 4.78 is 2.14. The molecule has 0 aliphatic rings. The minimum atomic E-state index is 0.520. The second-order valence-electron chi connectivity index (χ2n) is 2.03.